The minimum Gasteiger partial charge on any atom is -0.371 e. The Balaban J connectivity index is 1.32. The monoisotopic (exact) mass is 821 g/mol. The number of aromatic nitrogens is 5. The number of benzene rings is 1. The highest BCUT2D eigenvalue weighted by Crippen LogP contribution is 2.37. The van der Waals surface area contributed by atoms with Crippen LogP contribution in [0.1, 0.15) is 131 Å². The molecule has 3 aromatic rings. The third-order valence-corrected chi connectivity index (χ3v) is 12.5. The van der Waals surface area contributed by atoms with Gasteiger partial charge in [0.15, 0.2) is 5.82 Å². The van der Waals surface area contributed by atoms with Gasteiger partial charge in [-0.25, -0.2) is 4.98 Å². The van der Waals surface area contributed by atoms with Crippen molar-refractivity contribution in [3.05, 3.63) is 51.2 Å². The number of piperidine rings is 1. The summed E-state index contributed by atoms with van der Waals surface area (Å²) in [5, 5.41) is 26.4. The predicted octanol–water partition coefficient (Wildman–Crippen LogP) is 4.18. The average molecular weight is 822 g/mol. The molecule has 1 unspecified atom stereocenters. The van der Waals surface area contributed by atoms with E-state index in [0.29, 0.717) is 54.6 Å². The third-order valence-electron chi connectivity index (χ3n) is 11.6. The number of fused-ring (bicyclic) bond motifs is 1. The van der Waals surface area contributed by atoms with Crippen LogP contribution >= 0.6 is 11.3 Å². The number of nitrogens with two attached hydrogens (primary N) is 1. The Bertz CT molecular complexity index is 1820. The van der Waals surface area contributed by atoms with E-state index in [9.17, 15) is 19.2 Å². The molecule has 7 atom stereocenters. The molecule has 1 aromatic carbocycles. The molecule has 3 heterocycles. The average Bonchev–Trinajstić information content (AvgIpc) is 3.94. The Morgan fingerprint density at radius 1 is 1.14 bits per heavy atom. The molecule has 318 valence electrons. The Morgan fingerprint density at radius 3 is 2.59 bits per heavy atom. The van der Waals surface area contributed by atoms with Gasteiger partial charge in [0, 0.05) is 42.7 Å². The molecular weight excluding hydrogens is 759 g/mol. The van der Waals surface area contributed by atoms with Gasteiger partial charge >= 0.3 is 0 Å². The second-order valence-corrected chi connectivity index (χ2v) is 16.9. The number of thiazole rings is 1. The number of ether oxygens (including phenoxy) is 1. The maximum Gasteiger partial charge on any atom is 0.270 e. The summed E-state index contributed by atoms with van der Waals surface area (Å²) in [5.41, 5.74) is 8.37. The number of hydrogen-bond acceptors (Lipinski definition) is 12. The molecule has 1 fully saturated rings. The number of likely N-dealkylation sites (N-methyl/N-ethyl adjacent to an activating group) is 1. The third kappa shape index (κ3) is 11.0. The van der Waals surface area contributed by atoms with E-state index in [4.69, 9.17) is 15.5 Å². The van der Waals surface area contributed by atoms with E-state index in [0.717, 1.165) is 49.8 Å². The highest BCUT2D eigenvalue weighted by atomic mass is 32.1. The van der Waals surface area contributed by atoms with Crippen LogP contribution in [0.2, 0.25) is 0 Å². The number of nitrogens with zero attached hydrogens (tertiary/aromatic N) is 6. The van der Waals surface area contributed by atoms with Gasteiger partial charge in [-0.05, 0) is 87.7 Å². The zero-order chi connectivity index (χ0) is 41.9. The van der Waals surface area contributed by atoms with E-state index in [1.165, 1.54) is 11.3 Å². The first-order valence-electron chi connectivity index (χ1n) is 20.9. The summed E-state index contributed by atoms with van der Waals surface area (Å²) in [5.74, 6) is -0.511. The lowest BCUT2D eigenvalue weighted by Gasteiger charge is -2.40. The molecule has 0 saturated carbocycles. The molecule has 6 N–H and O–H groups in total. The van der Waals surface area contributed by atoms with E-state index >= 15 is 0 Å². The first-order valence-corrected chi connectivity index (χ1v) is 21.8. The molecular formula is C41H63N11O5S. The minimum absolute atomic E-state index is 0.0538. The first-order chi connectivity index (χ1) is 27.9. The minimum atomic E-state index is -0.646. The van der Waals surface area contributed by atoms with E-state index in [-0.39, 0.29) is 66.1 Å². The summed E-state index contributed by atoms with van der Waals surface area (Å²) in [6.45, 7) is 14.0. The molecule has 4 amide bonds. The van der Waals surface area contributed by atoms with Crippen LogP contribution in [0.5, 0.6) is 0 Å². The second kappa shape index (κ2) is 21.1. The van der Waals surface area contributed by atoms with E-state index in [1.54, 1.807) is 5.38 Å². The number of aromatic amines is 1. The van der Waals surface area contributed by atoms with Crippen LogP contribution in [0.25, 0.3) is 0 Å². The molecule has 1 saturated heterocycles. The smallest absolute Gasteiger partial charge is 0.270 e. The molecule has 2 aliphatic rings. The van der Waals surface area contributed by atoms with Crippen molar-refractivity contribution >= 4 is 40.7 Å². The number of tetrazole rings is 1. The van der Waals surface area contributed by atoms with Crippen molar-refractivity contribution < 1.29 is 23.9 Å². The molecule has 5 rings (SSSR count). The number of likely N-dealkylation sites (tertiary alicyclic amines) is 1. The van der Waals surface area contributed by atoms with Gasteiger partial charge in [-0.1, -0.05) is 58.7 Å². The van der Waals surface area contributed by atoms with Crippen LogP contribution in [0.15, 0.2) is 23.6 Å². The van der Waals surface area contributed by atoms with Crippen molar-refractivity contribution in [3.63, 3.8) is 0 Å². The van der Waals surface area contributed by atoms with Crippen LogP contribution in [0, 0.1) is 11.8 Å². The van der Waals surface area contributed by atoms with Crippen LogP contribution in [0.4, 0.5) is 5.69 Å². The number of amides is 4. The number of rotatable bonds is 19. The fourth-order valence-electron chi connectivity index (χ4n) is 8.24. The van der Waals surface area contributed by atoms with Crippen molar-refractivity contribution in [2.45, 2.75) is 129 Å². The van der Waals surface area contributed by atoms with Crippen LogP contribution in [-0.4, -0.2) is 116 Å². The molecule has 58 heavy (non-hydrogen) atoms. The molecule has 2 aromatic heterocycles. The molecule has 17 heteroatoms. The van der Waals surface area contributed by atoms with Gasteiger partial charge < -0.3 is 31.3 Å². The lowest BCUT2D eigenvalue weighted by Crippen LogP contribution is -2.58. The predicted molar refractivity (Wildman–Crippen MR) is 223 cm³/mol. The van der Waals surface area contributed by atoms with Crippen LogP contribution in [0.3, 0.4) is 0 Å². The van der Waals surface area contributed by atoms with Crippen molar-refractivity contribution in [2.75, 3.05) is 38.6 Å². The lowest BCUT2D eigenvalue weighted by atomic mass is 9.79. The molecule has 0 radical (unpaired) electrons. The molecule has 1 aliphatic carbocycles. The quantitative estimate of drug-likeness (QED) is 0.116. The van der Waals surface area contributed by atoms with Crippen molar-refractivity contribution in [3.8, 4) is 0 Å². The Labute approximate surface area is 346 Å². The summed E-state index contributed by atoms with van der Waals surface area (Å²) in [4.78, 5) is 62.9. The number of hydrogen-bond donors (Lipinski definition) is 5. The Hall–Kier alpha value is -4.32. The van der Waals surface area contributed by atoms with Crippen molar-refractivity contribution in [2.24, 2.45) is 17.6 Å². The lowest BCUT2D eigenvalue weighted by molar-refractivity contribution is -0.143. The number of H-pyrrole nitrogens is 1. The second-order valence-electron chi connectivity index (χ2n) is 16.1. The standard InChI is InChI=1S/C41H63N11O5S/c1-8-16-52(41(56)36(25(6)9-2)46-39(55)32-13-11-12-17-51(32)7)33(24(4)5)21-34(57-10-3)40-45-31(23-58-40)38(54)44-28-18-26-14-15-27(43-35(53)22-42)19-29(26)30(20-28)37-47-49-50-48-37/h14-15,19,23-25,28,30,32-34,36H,8-13,16-18,20-22,42H2,1-7H3,(H,43,53)(H,44,54)(H,46,55)(H,47,48,49,50)/t25-,28?,30+,32+,33+,34+,36-/m0/s1. The summed E-state index contributed by atoms with van der Waals surface area (Å²) in [6, 6.07) is 4.31. The van der Waals surface area contributed by atoms with Gasteiger partial charge in [0.2, 0.25) is 17.7 Å². The van der Waals surface area contributed by atoms with E-state index in [1.807, 2.05) is 44.0 Å². The normalized spacial score (nSPS) is 20.4. The molecule has 0 spiro atoms. The number of carbonyl (C=O) groups is 4. The summed E-state index contributed by atoms with van der Waals surface area (Å²) in [7, 11) is 1.98. The Morgan fingerprint density at radius 2 is 1.93 bits per heavy atom. The highest BCUT2D eigenvalue weighted by Gasteiger charge is 2.38. The highest BCUT2D eigenvalue weighted by molar-refractivity contribution is 7.09. The fraction of sp³-hybridized carbons (Fsp3) is 0.659. The van der Waals surface area contributed by atoms with Gasteiger partial charge in [-0.2, -0.15) is 5.21 Å². The number of anilines is 1. The van der Waals surface area contributed by atoms with E-state index < -0.39 is 12.1 Å². The summed E-state index contributed by atoms with van der Waals surface area (Å²) >= 11 is 1.37. The number of nitrogens with one attached hydrogen (secondary N) is 4. The van der Waals surface area contributed by atoms with Gasteiger partial charge in [-0.15, -0.1) is 21.5 Å². The maximum atomic E-state index is 14.6. The van der Waals surface area contributed by atoms with Gasteiger partial charge in [-0.3, -0.25) is 24.1 Å². The fourth-order valence-corrected chi connectivity index (χ4v) is 9.10. The summed E-state index contributed by atoms with van der Waals surface area (Å²) in [6.07, 6.45) is 5.46. The van der Waals surface area contributed by atoms with Gasteiger partial charge in [0.05, 0.1) is 18.5 Å². The SMILES string of the molecule is CCCN(C(=O)[C@@H](NC(=O)[C@H]1CCCCN1C)[C@@H](C)CC)[C@H](C[C@@H](OCC)c1nc(C(=O)NC2Cc3ccc(NC(=O)CN)cc3[C@H](c3nn[nH]n3)C2)cs1)C(C)C. The molecule has 1 aliphatic heterocycles. The zero-order valence-corrected chi connectivity index (χ0v) is 35.9. The van der Waals surface area contributed by atoms with E-state index in [2.05, 4.69) is 69.2 Å². The molecule has 16 nitrogen and oxygen atoms in total. The zero-order valence-electron chi connectivity index (χ0n) is 35.1. The van der Waals surface area contributed by atoms with Crippen molar-refractivity contribution in [1.82, 2.24) is 46.0 Å². The largest absolute Gasteiger partial charge is 0.371 e. The first kappa shape index (κ1) is 44.8. The van der Waals surface area contributed by atoms with Crippen LogP contribution < -0.4 is 21.7 Å². The maximum absolute atomic E-state index is 14.6. The molecule has 0 bridgehead atoms. The summed E-state index contributed by atoms with van der Waals surface area (Å²) < 4.78 is 6.33. The van der Waals surface area contributed by atoms with Crippen molar-refractivity contribution in [1.29, 1.82) is 0 Å². The Kier molecular flexibility index (Phi) is 16.3. The van der Waals surface area contributed by atoms with Crippen LogP contribution in [-0.2, 0) is 25.5 Å². The van der Waals surface area contributed by atoms with Gasteiger partial charge in [0.25, 0.3) is 5.91 Å². The number of carbonyl (C=O) groups excluding carboxylic acids is 4. The topological polar surface area (TPSA) is 213 Å². The van der Waals surface area contributed by atoms with Gasteiger partial charge in [0.1, 0.15) is 22.8 Å².